The van der Waals surface area contributed by atoms with Crippen molar-refractivity contribution >= 4 is 39.5 Å². The lowest BCUT2D eigenvalue weighted by Crippen LogP contribution is -2.30. The SMILES string of the molecule is CCCCC/C=C\C/C=C\C/C=C\C/C=C\C/C=C\CCC(=O)OC[C@H](COP(=O)(O)OC[C@@H](O)COP(=O)(O)OC[C@@H](COC(=O)CCCCCCCCC/C=C\CCCCCC)OC(=O)CCCCCCC/C=C\CCCCCC)OC(=O)CCCCCCC/C=C\CCCCCC. The Hall–Kier alpha value is -4.02. The van der Waals surface area contributed by atoms with Crippen molar-refractivity contribution in [3.05, 3.63) is 97.2 Å². The van der Waals surface area contributed by atoms with Crippen LogP contribution in [0.3, 0.4) is 0 Å². The van der Waals surface area contributed by atoms with Gasteiger partial charge in [-0.05, 0) is 141 Å². The minimum Gasteiger partial charge on any atom is -0.462 e. The largest absolute Gasteiger partial charge is 0.472 e. The minimum atomic E-state index is -4.99. The number of allylic oxidation sites excluding steroid dienone is 16. The summed E-state index contributed by atoms with van der Waals surface area (Å²) in [5, 5.41) is 10.6. The molecule has 5 atom stereocenters. The van der Waals surface area contributed by atoms with Gasteiger partial charge in [-0.2, -0.15) is 0 Å². The molecule has 0 heterocycles. The lowest BCUT2D eigenvalue weighted by atomic mass is 10.1. The van der Waals surface area contributed by atoms with Crippen LogP contribution in [-0.4, -0.2) is 96.7 Å². The van der Waals surface area contributed by atoms with Crippen LogP contribution in [0.4, 0.5) is 0 Å². The molecule has 0 bridgehead atoms. The molecule has 0 aromatic rings. The number of carbonyl (C=O) groups is 4. The van der Waals surface area contributed by atoms with Gasteiger partial charge in [0, 0.05) is 25.7 Å². The fourth-order valence-electron chi connectivity index (χ4n) is 10.4. The Morgan fingerprint density at radius 1 is 0.280 bits per heavy atom. The molecule has 0 rings (SSSR count). The van der Waals surface area contributed by atoms with E-state index in [-0.39, 0.29) is 25.7 Å². The van der Waals surface area contributed by atoms with E-state index in [0.29, 0.717) is 32.1 Å². The maximum atomic E-state index is 13.1. The summed E-state index contributed by atoms with van der Waals surface area (Å²) < 4.78 is 68.4. The standard InChI is InChI=1S/C81H142O17P2/c1-5-9-13-17-21-25-29-33-35-36-37-38-40-44-46-50-54-58-62-66-79(84)92-72-77(98-81(86)68-64-60-56-52-48-42-32-28-24-20-16-12-8-4)74-96-100(89,90)94-70-75(82)69-93-99(87,88)95-73-76(97-80(85)67-63-59-55-51-47-41-31-27-23-19-15-11-7-3)71-91-78(83)65-61-57-53-49-45-43-39-34-30-26-22-18-14-10-6-2/h21,25-28,30-33,35,37-38,44,46,54,58,75-77,82H,5-20,22-24,29,34,36,39-43,45,47-53,55-57,59-74H2,1-4H3,(H,87,88)(H,89,90)/b25-21-,30-26-,31-27-,32-28-,35-33-,38-37-,46-44-,58-54-/t75-,76+,77+/m0/s1. The van der Waals surface area contributed by atoms with E-state index in [2.05, 4.69) is 113 Å². The van der Waals surface area contributed by atoms with Crippen LogP contribution in [0.5, 0.6) is 0 Å². The van der Waals surface area contributed by atoms with Crippen LogP contribution in [0, 0.1) is 0 Å². The summed E-state index contributed by atoms with van der Waals surface area (Å²) >= 11 is 0. The molecule has 3 N–H and O–H groups in total. The Bertz CT molecular complexity index is 2270. The van der Waals surface area contributed by atoms with Gasteiger partial charge < -0.3 is 33.8 Å². The predicted octanol–water partition coefficient (Wildman–Crippen LogP) is 22.8. The molecular weight excluding hydrogens is 1310 g/mol. The van der Waals surface area contributed by atoms with E-state index in [0.717, 1.165) is 141 Å². The highest BCUT2D eigenvalue weighted by molar-refractivity contribution is 7.47. The summed E-state index contributed by atoms with van der Waals surface area (Å²) in [5.41, 5.74) is 0. The molecule has 0 aliphatic rings. The molecule has 2 unspecified atom stereocenters. The topological polar surface area (TPSA) is 237 Å². The van der Waals surface area contributed by atoms with Crippen molar-refractivity contribution < 1.29 is 80.2 Å². The summed E-state index contributed by atoms with van der Waals surface area (Å²) in [6.45, 7) is 4.72. The van der Waals surface area contributed by atoms with Crippen LogP contribution < -0.4 is 0 Å². The minimum absolute atomic E-state index is 0.0367. The second-order valence-corrected chi connectivity index (χ2v) is 29.2. The Kier molecular flexibility index (Phi) is 70.4. The van der Waals surface area contributed by atoms with E-state index in [1.54, 1.807) is 0 Å². The van der Waals surface area contributed by atoms with Crippen molar-refractivity contribution in [3.63, 3.8) is 0 Å². The molecule has 0 saturated carbocycles. The molecule has 0 aromatic heterocycles. The van der Waals surface area contributed by atoms with Gasteiger partial charge in [0.2, 0.25) is 0 Å². The van der Waals surface area contributed by atoms with Crippen molar-refractivity contribution in [1.29, 1.82) is 0 Å². The Morgan fingerprint density at radius 2 is 0.510 bits per heavy atom. The first-order chi connectivity index (χ1) is 48.7. The summed E-state index contributed by atoms with van der Waals surface area (Å²) in [5.74, 6) is -2.28. The lowest BCUT2D eigenvalue weighted by Gasteiger charge is -2.21. The Morgan fingerprint density at radius 3 is 0.840 bits per heavy atom. The van der Waals surface area contributed by atoms with Gasteiger partial charge in [-0.3, -0.25) is 37.3 Å². The molecule has 0 spiro atoms. The summed E-state index contributed by atoms with van der Waals surface area (Å²) in [7, 11) is -9.97. The van der Waals surface area contributed by atoms with Gasteiger partial charge in [-0.15, -0.1) is 0 Å². The van der Waals surface area contributed by atoms with Gasteiger partial charge in [0.1, 0.15) is 19.3 Å². The maximum Gasteiger partial charge on any atom is 0.472 e. The molecule has 0 radical (unpaired) electrons. The number of carbonyl (C=O) groups excluding carboxylic acids is 4. The summed E-state index contributed by atoms with van der Waals surface area (Å²) in [6.07, 6.45) is 76.9. The molecule has 0 fully saturated rings. The zero-order valence-electron chi connectivity index (χ0n) is 63.1. The van der Waals surface area contributed by atoms with Crippen molar-refractivity contribution in [2.45, 2.75) is 354 Å². The molecular formula is C81H142O17P2. The van der Waals surface area contributed by atoms with Crippen LogP contribution in [0.1, 0.15) is 336 Å². The normalized spacial score (nSPS) is 14.4. The fraction of sp³-hybridized carbons (Fsp3) is 0.753. The average molecular weight is 1450 g/mol. The van der Waals surface area contributed by atoms with E-state index < -0.39 is 97.5 Å². The van der Waals surface area contributed by atoms with Gasteiger partial charge in [-0.1, -0.05) is 266 Å². The Labute approximate surface area is 607 Å². The molecule has 0 amide bonds. The third-order valence-electron chi connectivity index (χ3n) is 16.5. The first-order valence-electron chi connectivity index (χ1n) is 39.5. The molecule has 100 heavy (non-hydrogen) atoms. The average Bonchev–Trinajstić information content (AvgIpc) is 0.935. The van der Waals surface area contributed by atoms with Gasteiger partial charge in [0.05, 0.1) is 26.4 Å². The van der Waals surface area contributed by atoms with Crippen LogP contribution in [0.25, 0.3) is 0 Å². The van der Waals surface area contributed by atoms with Crippen LogP contribution in [0.15, 0.2) is 97.2 Å². The van der Waals surface area contributed by atoms with Gasteiger partial charge in [0.15, 0.2) is 12.2 Å². The van der Waals surface area contributed by atoms with Crippen LogP contribution >= 0.6 is 15.6 Å². The molecule has 0 aliphatic heterocycles. The molecule has 578 valence electrons. The van der Waals surface area contributed by atoms with Crippen molar-refractivity contribution in [3.8, 4) is 0 Å². The lowest BCUT2D eigenvalue weighted by molar-refractivity contribution is -0.161. The Balaban J connectivity index is 5.39. The highest BCUT2D eigenvalue weighted by atomic mass is 31.2. The number of phosphoric ester groups is 2. The highest BCUT2D eigenvalue weighted by Crippen LogP contribution is 2.45. The number of aliphatic hydroxyl groups is 1. The zero-order chi connectivity index (χ0) is 73.2. The smallest absolute Gasteiger partial charge is 0.462 e. The van der Waals surface area contributed by atoms with Gasteiger partial charge >= 0.3 is 39.5 Å². The quantitative estimate of drug-likeness (QED) is 0.0169. The van der Waals surface area contributed by atoms with Crippen molar-refractivity contribution in [1.82, 2.24) is 0 Å². The van der Waals surface area contributed by atoms with Crippen molar-refractivity contribution in [2.75, 3.05) is 39.6 Å². The van der Waals surface area contributed by atoms with Gasteiger partial charge in [0.25, 0.3) is 0 Å². The number of hydrogen-bond acceptors (Lipinski definition) is 15. The third kappa shape index (κ3) is 72.3. The second kappa shape index (κ2) is 73.3. The number of phosphoric acid groups is 2. The van der Waals surface area contributed by atoms with E-state index in [1.807, 2.05) is 12.2 Å². The number of ether oxygens (including phenoxy) is 4. The second-order valence-electron chi connectivity index (χ2n) is 26.3. The zero-order valence-corrected chi connectivity index (χ0v) is 64.9. The summed E-state index contributed by atoms with van der Waals surface area (Å²) in [6, 6.07) is 0. The van der Waals surface area contributed by atoms with E-state index in [4.69, 9.17) is 37.0 Å². The number of hydrogen-bond donors (Lipinski definition) is 3. The van der Waals surface area contributed by atoms with Gasteiger partial charge in [-0.25, -0.2) is 9.13 Å². The summed E-state index contributed by atoms with van der Waals surface area (Å²) in [4.78, 5) is 72.9. The highest BCUT2D eigenvalue weighted by Gasteiger charge is 2.30. The van der Waals surface area contributed by atoms with Crippen LogP contribution in [-0.2, 0) is 65.4 Å². The van der Waals surface area contributed by atoms with E-state index in [9.17, 15) is 43.2 Å². The predicted molar refractivity (Wildman–Crippen MR) is 409 cm³/mol. The maximum absolute atomic E-state index is 13.1. The van der Waals surface area contributed by atoms with Crippen molar-refractivity contribution in [2.24, 2.45) is 0 Å². The van der Waals surface area contributed by atoms with E-state index >= 15 is 0 Å². The molecule has 0 aliphatic carbocycles. The monoisotopic (exact) mass is 1450 g/mol. The molecule has 0 aromatic carbocycles. The number of unbranched alkanes of at least 4 members (excludes halogenated alkanes) is 32. The first-order valence-corrected chi connectivity index (χ1v) is 42.5. The first kappa shape index (κ1) is 96.0. The number of aliphatic hydroxyl groups excluding tert-OH is 1. The molecule has 19 heteroatoms. The third-order valence-corrected chi connectivity index (χ3v) is 18.4. The van der Waals surface area contributed by atoms with Crippen LogP contribution in [0.2, 0.25) is 0 Å². The molecule has 17 nitrogen and oxygen atoms in total. The van der Waals surface area contributed by atoms with E-state index in [1.165, 1.54) is 109 Å². The number of esters is 4. The fourth-order valence-corrected chi connectivity index (χ4v) is 12.0. The molecule has 0 saturated heterocycles. The number of rotatable bonds is 74.